The number of likely N-dealkylation sites (tertiary alicyclic amines) is 2. The van der Waals surface area contributed by atoms with Gasteiger partial charge in [0, 0.05) is 26.7 Å². The Morgan fingerprint density at radius 3 is 2.59 bits per heavy atom. The lowest BCUT2D eigenvalue weighted by Crippen LogP contribution is -2.38. The van der Waals surface area contributed by atoms with Crippen molar-refractivity contribution in [1.82, 2.24) is 15.1 Å². The molecule has 1 N–H and O–H groups in total. The summed E-state index contributed by atoms with van der Waals surface area (Å²) >= 11 is 0. The van der Waals surface area contributed by atoms with E-state index < -0.39 is 0 Å². The van der Waals surface area contributed by atoms with Crippen molar-refractivity contribution in [3.8, 4) is 0 Å². The van der Waals surface area contributed by atoms with Crippen LogP contribution in [0.1, 0.15) is 19.3 Å². The molecule has 2 fully saturated rings. The van der Waals surface area contributed by atoms with E-state index in [9.17, 15) is 9.59 Å². The number of nitrogens with one attached hydrogen (secondary N) is 1. The van der Waals surface area contributed by atoms with Crippen molar-refractivity contribution in [2.24, 2.45) is 5.92 Å². The van der Waals surface area contributed by atoms with E-state index in [1.165, 1.54) is 0 Å². The zero-order valence-electron chi connectivity index (χ0n) is 10.4. The number of nitrogens with zero attached hydrogens (tertiary/aromatic N) is 2. The topological polar surface area (TPSA) is 52.7 Å². The molecule has 0 radical (unpaired) electrons. The third kappa shape index (κ3) is 2.97. The van der Waals surface area contributed by atoms with E-state index in [1.54, 1.807) is 7.05 Å². The molecule has 17 heavy (non-hydrogen) atoms. The standard InChI is InChI=1S/C12H21N3O2/c1-13-12(17)10-4-7-14(8-10)9-11(16)15-5-2-3-6-15/h10H,2-9H2,1H3,(H,13,17). The van der Waals surface area contributed by atoms with Gasteiger partial charge < -0.3 is 10.2 Å². The first kappa shape index (κ1) is 12.4. The van der Waals surface area contributed by atoms with Gasteiger partial charge in [0.2, 0.25) is 11.8 Å². The van der Waals surface area contributed by atoms with Crippen LogP contribution in [0.25, 0.3) is 0 Å². The van der Waals surface area contributed by atoms with Gasteiger partial charge in [-0.15, -0.1) is 0 Å². The molecule has 0 aromatic carbocycles. The van der Waals surface area contributed by atoms with Crippen LogP contribution >= 0.6 is 0 Å². The second-order valence-electron chi connectivity index (χ2n) is 4.92. The summed E-state index contributed by atoms with van der Waals surface area (Å²) in [6.45, 7) is 3.88. The maximum atomic E-state index is 11.9. The Kier molecular flexibility index (Phi) is 3.99. The van der Waals surface area contributed by atoms with E-state index in [2.05, 4.69) is 10.2 Å². The van der Waals surface area contributed by atoms with Crippen LogP contribution in [0.15, 0.2) is 0 Å². The van der Waals surface area contributed by atoms with Crippen molar-refractivity contribution in [2.45, 2.75) is 19.3 Å². The first-order valence-electron chi connectivity index (χ1n) is 6.42. The molecule has 0 aromatic rings. The summed E-state index contributed by atoms with van der Waals surface area (Å²) in [4.78, 5) is 27.4. The van der Waals surface area contributed by atoms with Crippen LogP contribution in [-0.4, -0.2) is 61.4 Å². The van der Waals surface area contributed by atoms with Crippen LogP contribution in [0.3, 0.4) is 0 Å². The van der Waals surface area contributed by atoms with Crippen LogP contribution in [0.4, 0.5) is 0 Å². The molecule has 1 atom stereocenters. The minimum absolute atomic E-state index is 0.0615. The second kappa shape index (κ2) is 5.49. The summed E-state index contributed by atoms with van der Waals surface area (Å²) in [5, 5.41) is 2.67. The fourth-order valence-corrected chi connectivity index (χ4v) is 2.65. The van der Waals surface area contributed by atoms with Crippen LogP contribution in [0.5, 0.6) is 0 Å². The lowest BCUT2D eigenvalue weighted by atomic mass is 10.1. The molecule has 0 aliphatic carbocycles. The molecule has 0 aromatic heterocycles. The molecule has 2 aliphatic rings. The SMILES string of the molecule is CNC(=O)C1CCN(CC(=O)N2CCCC2)C1. The number of hydrogen-bond acceptors (Lipinski definition) is 3. The highest BCUT2D eigenvalue weighted by Crippen LogP contribution is 2.17. The van der Waals surface area contributed by atoms with Crippen molar-refractivity contribution in [2.75, 3.05) is 39.8 Å². The zero-order chi connectivity index (χ0) is 12.3. The average molecular weight is 239 g/mol. The summed E-state index contributed by atoms with van der Waals surface area (Å²) in [6.07, 6.45) is 3.13. The molecule has 2 saturated heterocycles. The molecule has 2 amide bonds. The molecular weight excluding hydrogens is 218 g/mol. The monoisotopic (exact) mass is 239 g/mol. The minimum Gasteiger partial charge on any atom is -0.359 e. The quantitative estimate of drug-likeness (QED) is 0.734. The van der Waals surface area contributed by atoms with Gasteiger partial charge in [-0.05, 0) is 25.8 Å². The van der Waals surface area contributed by atoms with E-state index in [1.807, 2.05) is 4.90 Å². The Morgan fingerprint density at radius 2 is 1.94 bits per heavy atom. The number of hydrogen-bond donors (Lipinski definition) is 1. The van der Waals surface area contributed by atoms with E-state index in [0.717, 1.165) is 45.4 Å². The Hall–Kier alpha value is -1.10. The third-order valence-electron chi connectivity index (χ3n) is 3.71. The van der Waals surface area contributed by atoms with E-state index in [-0.39, 0.29) is 17.7 Å². The van der Waals surface area contributed by atoms with Gasteiger partial charge in [-0.1, -0.05) is 0 Å². The van der Waals surface area contributed by atoms with E-state index >= 15 is 0 Å². The summed E-state index contributed by atoms with van der Waals surface area (Å²) in [6, 6.07) is 0. The molecule has 0 saturated carbocycles. The van der Waals surface area contributed by atoms with E-state index in [4.69, 9.17) is 0 Å². The summed E-state index contributed by atoms with van der Waals surface area (Å²) < 4.78 is 0. The predicted octanol–water partition coefficient (Wildman–Crippen LogP) is -0.323. The largest absolute Gasteiger partial charge is 0.359 e. The predicted molar refractivity (Wildman–Crippen MR) is 64.4 cm³/mol. The van der Waals surface area contributed by atoms with Gasteiger partial charge in [0.1, 0.15) is 0 Å². The van der Waals surface area contributed by atoms with Gasteiger partial charge in [0.05, 0.1) is 12.5 Å². The van der Waals surface area contributed by atoms with Crippen LogP contribution in [-0.2, 0) is 9.59 Å². The zero-order valence-corrected chi connectivity index (χ0v) is 10.4. The molecular formula is C12H21N3O2. The van der Waals surface area contributed by atoms with Crippen LogP contribution in [0, 0.1) is 5.92 Å². The maximum absolute atomic E-state index is 11.9. The van der Waals surface area contributed by atoms with Gasteiger partial charge in [0.15, 0.2) is 0 Å². The van der Waals surface area contributed by atoms with Crippen molar-refractivity contribution >= 4 is 11.8 Å². The summed E-state index contributed by atoms with van der Waals surface area (Å²) in [5.74, 6) is 0.382. The summed E-state index contributed by atoms with van der Waals surface area (Å²) in [5.41, 5.74) is 0. The first-order chi connectivity index (χ1) is 8.20. The number of rotatable bonds is 3. The smallest absolute Gasteiger partial charge is 0.236 e. The Labute approximate surface area is 102 Å². The Balaban J connectivity index is 1.77. The molecule has 2 aliphatic heterocycles. The van der Waals surface area contributed by atoms with Gasteiger partial charge in [0.25, 0.3) is 0 Å². The molecule has 0 spiro atoms. The van der Waals surface area contributed by atoms with Crippen molar-refractivity contribution in [3.63, 3.8) is 0 Å². The lowest BCUT2D eigenvalue weighted by molar-refractivity contribution is -0.131. The number of carbonyl (C=O) groups is 2. The second-order valence-corrected chi connectivity index (χ2v) is 4.92. The van der Waals surface area contributed by atoms with Gasteiger partial charge in [-0.2, -0.15) is 0 Å². The fraction of sp³-hybridized carbons (Fsp3) is 0.833. The molecule has 5 nitrogen and oxygen atoms in total. The minimum atomic E-state index is 0.0615. The van der Waals surface area contributed by atoms with Gasteiger partial charge in [-0.25, -0.2) is 0 Å². The molecule has 5 heteroatoms. The van der Waals surface area contributed by atoms with Crippen LogP contribution in [0.2, 0.25) is 0 Å². The Bertz CT molecular complexity index is 300. The van der Waals surface area contributed by atoms with E-state index in [0.29, 0.717) is 6.54 Å². The molecule has 96 valence electrons. The molecule has 2 heterocycles. The maximum Gasteiger partial charge on any atom is 0.236 e. The Morgan fingerprint density at radius 1 is 1.24 bits per heavy atom. The fourth-order valence-electron chi connectivity index (χ4n) is 2.65. The lowest BCUT2D eigenvalue weighted by Gasteiger charge is -2.20. The highest BCUT2D eigenvalue weighted by atomic mass is 16.2. The van der Waals surface area contributed by atoms with Crippen molar-refractivity contribution in [3.05, 3.63) is 0 Å². The van der Waals surface area contributed by atoms with Gasteiger partial charge >= 0.3 is 0 Å². The normalized spacial score (nSPS) is 25.2. The molecule has 2 rings (SSSR count). The molecule has 1 unspecified atom stereocenters. The first-order valence-corrected chi connectivity index (χ1v) is 6.42. The van der Waals surface area contributed by atoms with Crippen molar-refractivity contribution in [1.29, 1.82) is 0 Å². The highest BCUT2D eigenvalue weighted by molar-refractivity contribution is 5.80. The highest BCUT2D eigenvalue weighted by Gasteiger charge is 2.29. The van der Waals surface area contributed by atoms with Gasteiger partial charge in [-0.3, -0.25) is 14.5 Å². The number of carbonyl (C=O) groups excluding carboxylic acids is 2. The number of amides is 2. The third-order valence-corrected chi connectivity index (χ3v) is 3.71. The van der Waals surface area contributed by atoms with Crippen LogP contribution < -0.4 is 5.32 Å². The summed E-state index contributed by atoms with van der Waals surface area (Å²) in [7, 11) is 1.67. The average Bonchev–Trinajstić information content (AvgIpc) is 2.98. The van der Waals surface area contributed by atoms with Crippen molar-refractivity contribution < 1.29 is 9.59 Å². The molecule has 0 bridgehead atoms.